The minimum atomic E-state index is -3.87. The Hall–Kier alpha value is -0.920. The van der Waals surface area contributed by atoms with Gasteiger partial charge in [0.1, 0.15) is 10.6 Å². The van der Waals surface area contributed by atoms with E-state index in [2.05, 4.69) is 0 Å². The lowest BCUT2D eigenvalue weighted by Crippen LogP contribution is -2.09. The van der Waals surface area contributed by atoms with Crippen molar-refractivity contribution in [2.75, 3.05) is 12.4 Å². The fourth-order valence-electron chi connectivity index (χ4n) is 1.90. The van der Waals surface area contributed by atoms with E-state index < -0.39 is 15.9 Å². The second-order valence-electron chi connectivity index (χ2n) is 5.11. The van der Waals surface area contributed by atoms with Crippen molar-refractivity contribution in [1.29, 1.82) is 0 Å². The first kappa shape index (κ1) is 21.4. The van der Waals surface area contributed by atoms with Gasteiger partial charge >= 0.3 is 15.9 Å². The van der Waals surface area contributed by atoms with Crippen LogP contribution in [0.25, 0.3) is 0 Å². The molecule has 142 valence electrons. The Bertz CT molecular complexity index is 838. The molecule has 0 bridgehead atoms. The summed E-state index contributed by atoms with van der Waals surface area (Å²) in [5, 5.41) is 0. The lowest BCUT2D eigenvalue weighted by molar-refractivity contribution is 0.357. The second-order valence-corrected chi connectivity index (χ2v) is 14.0. The molecule has 0 saturated heterocycles. The molecule has 0 amide bonds. The summed E-state index contributed by atoms with van der Waals surface area (Å²) in [6.07, 6.45) is 0.909. The molecule has 0 saturated carbocycles. The van der Waals surface area contributed by atoms with E-state index in [-0.39, 0.29) is 10.6 Å². The lowest BCUT2D eigenvalue weighted by atomic mass is 10.3. The molecule has 1 atom stereocenters. The van der Waals surface area contributed by atoms with Crippen LogP contribution in [0.2, 0.25) is 0 Å². The van der Waals surface area contributed by atoms with E-state index in [4.69, 9.17) is 8.71 Å². The molecule has 9 heteroatoms. The van der Waals surface area contributed by atoms with Crippen LogP contribution < -0.4 is 4.18 Å². The van der Waals surface area contributed by atoms with Crippen molar-refractivity contribution in [3.8, 4) is 5.75 Å². The second kappa shape index (κ2) is 9.85. The molecule has 0 fully saturated rings. The Balaban J connectivity index is 2.09. The quantitative estimate of drug-likeness (QED) is 0.345. The maximum Gasteiger partial charge on any atom is 0.339 e. The first-order chi connectivity index (χ1) is 12.4. The topological polar surface area (TPSA) is 69.7 Å². The first-order valence-corrected chi connectivity index (χ1v) is 14.1. The third kappa shape index (κ3) is 6.35. The molecular formula is C17H21O5PS3. The van der Waals surface area contributed by atoms with Crippen LogP contribution in [0.5, 0.6) is 5.75 Å². The predicted molar refractivity (Wildman–Crippen MR) is 109 cm³/mol. The molecule has 1 unspecified atom stereocenters. The average Bonchev–Trinajstić information content (AvgIpc) is 2.62. The van der Waals surface area contributed by atoms with Crippen molar-refractivity contribution in [2.24, 2.45) is 0 Å². The van der Waals surface area contributed by atoms with E-state index >= 15 is 0 Å². The molecule has 2 aromatic carbocycles. The highest BCUT2D eigenvalue weighted by atomic mass is 33.1. The van der Waals surface area contributed by atoms with Gasteiger partial charge in [0.25, 0.3) is 0 Å². The lowest BCUT2D eigenvalue weighted by Gasteiger charge is -2.16. The highest BCUT2D eigenvalue weighted by molar-refractivity contribution is 8.89. The molecular weight excluding hydrogens is 411 g/mol. The smallest absolute Gasteiger partial charge is 0.339 e. The fourth-order valence-corrected chi connectivity index (χ4v) is 9.72. The van der Waals surface area contributed by atoms with E-state index in [0.717, 1.165) is 17.1 Å². The van der Waals surface area contributed by atoms with Gasteiger partial charge in [-0.15, -0.1) is 0 Å². The SMILES string of the molecule is CCCSP(=O)(OCC)Sc1ccc(OS(=O)(=O)c2ccccc2)cc1. The third-order valence-corrected chi connectivity index (χ3v) is 11.5. The summed E-state index contributed by atoms with van der Waals surface area (Å²) in [7, 11) is -3.87. The number of benzene rings is 2. The van der Waals surface area contributed by atoms with Crippen molar-refractivity contribution in [1.82, 2.24) is 0 Å². The molecule has 0 radical (unpaired) electrons. The molecule has 0 aliphatic carbocycles. The average molecular weight is 433 g/mol. The zero-order valence-corrected chi connectivity index (χ0v) is 17.9. The van der Waals surface area contributed by atoms with E-state index in [1.807, 2.05) is 13.8 Å². The zero-order valence-electron chi connectivity index (χ0n) is 14.5. The molecule has 0 aliphatic heterocycles. The predicted octanol–water partition coefficient (Wildman–Crippen LogP) is 5.83. The highest BCUT2D eigenvalue weighted by Gasteiger charge is 2.25. The van der Waals surface area contributed by atoms with Crippen LogP contribution in [0.4, 0.5) is 0 Å². The molecule has 2 aromatic rings. The van der Waals surface area contributed by atoms with Gasteiger partial charge in [-0.1, -0.05) is 36.5 Å². The van der Waals surface area contributed by atoms with Gasteiger partial charge in [-0.2, -0.15) is 8.42 Å². The highest BCUT2D eigenvalue weighted by Crippen LogP contribution is 2.72. The summed E-state index contributed by atoms with van der Waals surface area (Å²) in [5.74, 6) is -1.94. The Morgan fingerprint density at radius 3 is 2.23 bits per heavy atom. The van der Waals surface area contributed by atoms with Gasteiger partial charge < -0.3 is 8.71 Å². The third-order valence-electron chi connectivity index (χ3n) is 3.02. The van der Waals surface area contributed by atoms with E-state index in [0.29, 0.717) is 6.61 Å². The van der Waals surface area contributed by atoms with Crippen LogP contribution >= 0.6 is 28.5 Å². The molecule has 2 rings (SSSR count). The van der Waals surface area contributed by atoms with Gasteiger partial charge in [0.15, 0.2) is 0 Å². The van der Waals surface area contributed by atoms with Gasteiger partial charge in [-0.25, -0.2) is 0 Å². The zero-order chi connectivity index (χ0) is 19.0. The summed E-state index contributed by atoms with van der Waals surface area (Å²) < 4.78 is 47.9. The summed E-state index contributed by atoms with van der Waals surface area (Å²) in [4.78, 5) is 0.824. The summed E-state index contributed by atoms with van der Waals surface area (Å²) in [6, 6.07) is 14.4. The standard InChI is InChI=1S/C17H21O5PS3/c1-3-14-24-23(18,21-4-2)25-16-12-10-15(11-13-16)22-26(19,20)17-8-6-5-7-9-17/h5-13H,3-4,14H2,1-2H3. The summed E-state index contributed by atoms with van der Waals surface area (Å²) >= 11 is 2.49. The maximum atomic E-state index is 12.8. The summed E-state index contributed by atoms with van der Waals surface area (Å²) in [5.41, 5.74) is 0. The van der Waals surface area contributed by atoms with Gasteiger partial charge in [-0.3, -0.25) is 4.57 Å². The van der Waals surface area contributed by atoms with Crippen LogP contribution in [0.15, 0.2) is 64.4 Å². The number of hydrogen-bond acceptors (Lipinski definition) is 7. The Labute approximate surface area is 162 Å². The molecule has 26 heavy (non-hydrogen) atoms. The fraction of sp³-hybridized carbons (Fsp3) is 0.294. The number of hydrogen-bond donors (Lipinski definition) is 0. The molecule has 5 nitrogen and oxygen atoms in total. The van der Waals surface area contributed by atoms with Crippen molar-refractivity contribution in [2.45, 2.75) is 30.1 Å². The first-order valence-electron chi connectivity index (χ1n) is 8.07. The van der Waals surface area contributed by atoms with Crippen LogP contribution in [0.1, 0.15) is 20.3 Å². The van der Waals surface area contributed by atoms with Crippen molar-refractivity contribution < 1.29 is 21.7 Å². The van der Waals surface area contributed by atoms with Crippen LogP contribution in [-0.2, 0) is 19.2 Å². The molecule has 0 spiro atoms. The van der Waals surface area contributed by atoms with E-state index in [1.165, 1.54) is 34.9 Å². The molecule has 0 aliphatic rings. The van der Waals surface area contributed by atoms with E-state index in [1.54, 1.807) is 42.5 Å². The molecule has 0 aromatic heterocycles. The maximum absolute atomic E-state index is 12.8. The molecule has 0 heterocycles. The summed E-state index contributed by atoms with van der Waals surface area (Å²) in [6.45, 7) is 4.20. The van der Waals surface area contributed by atoms with E-state index in [9.17, 15) is 13.0 Å². The van der Waals surface area contributed by atoms with Crippen molar-refractivity contribution >= 4 is 38.7 Å². The van der Waals surface area contributed by atoms with Crippen LogP contribution in [-0.4, -0.2) is 20.8 Å². The normalized spacial score (nSPS) is 13.9. The minimum Gasteiger partial charge on any atom is -0.379 e. The van der Waals surface area contributed by atoms with Crippen LogP contribution in [0.3, 0.4) is 0 Å². The van der Waals surface area contributed by atoms with Crippen molar-refractivity contribution in [3.63, 3.8) is 0 Å². The van der Waals surface area contributed by atoms with Gasteiger partial charge in [0, 0.05) is 10.6 Å². The Kier molecular flexibility index (Phi) is 8.10. The minimum absolute atomic E-state index is 0.0928. The monoisotopic (exact) mass is 432 g/mol. The Morgan fingerprint density at radius 2 is 1.65 bits per heavy atom. The van der Waals surface area contributed by atoms with Gasteiger partial charge in [-0.05, 0) is 61.1 Å². The largest absolute Gasteiger partial charge is 0.379 e. The van der Waals surface area contributed by atoms with Gasteiger partial charge in [0.2, 0.25) is 0 Å². The number of rotatable bonds is 10. The van der Waals surface area contributed by atoms with Crippen molar-refractivity contribution in [3.05, 3.63) is 54.6 Å². The van der Waals surface area contributed by atoms with Crippen LogP contribution in [0, 0.1) is 0 Å². The Morgan fingerprint density at radius 1 is 1.00 bits per heavy atom. The molecule has 0 N–H and O–H groups in total. The van der Waals surface area contributed by atoms with Gasteiger partial charge in [0.05, 0.1) is 6.61 Å².